The Balaban J connectivity index is 1.72. The molecule has 7 heteroatoms. The molecule has 0 aromatic heterocycles. The maximum Gasteiger partial charge on any atom is 0.238 e. The van der Waals surface area contributed by atoms with Crippen LogP contribution in [0.3, 0.4) is 0 Å². The maximum atomic E-state index is 13.8. The standard InChI is InChI=1S/C13H15FN2O3S/c14-11-6-10(20(15,18)19)1-2-12(11)16-13(17)9-4-7-3-8(7)5-9/h1-2,6-9H,3-5H2,(H,16,17)(H2,15,18,19). The lowest BCUT2D eigenvalue weighted by Crippen LogP contribution is -2.22. The summed E-state index contributed by atoms with van der Waals surface area (Å²) in [4.78, 5) is 11.7. The second-order valence-corrected chi connectivity index (χ2v) is 7.16. The van der Waals surface area contributed by atoms with Crippen LogP contribution in [0.5, 0.6) is 0 Å². The number of primary sulfonamides is 1. The molecule has 2 fully saturated rings. The summed E-state index contributed by atoms with van der Waals surface area (Å²) < 4.78 is 36.0. The molecule has 0 heterocycles. The Morgan fingerprint density at radius 3 is 2.45 bits per heavy atom. The first-order valence-electron chi connectivity index (χ1n) is 6.48. The fraction of sp³-hybridized carbons (Fsp3) is 0.462. The Morgan fingerprint density at radius 2 is 1.90 bits per heavy atom. The molecular weight excluding hydrogens is 283 g/mol. The van der Waals surface area contributed by atoms with Gasteiger partial charge in [-0.2, -0.15) is 0 Å². The van der Waals surface area contributed by atoms with Gasteiger partial charge in [-0.3, -0.25) is 4.79 Å². The van der Waals surface area contributed by atoms with E-state index in [4.69, 9.17) is 5.14 Å². The zero-order valence-corrected chi connectivity index (χ0v) is 11.5. The molecule has 3 N–H and O–H groups in total. The van der Waals surface area contributed by atoms with Crippen molar-refractivity contribution in [3.05, 3.63) is 24.0 Å². The summed E-state index contributed by atoms with van der Waals surface area (Å²) in [6.07, 6.45) is 2.95. The molecule has 0 radical (unpaired) electrons. The number of sulfonamides is 1. The Morgan fingerprint density at radius 1 is 1.25 bits per heavy atom. The average molecular weight is 298 g/mol. The number of amides is 1. The number of nitrogens with two attached hydrogens (primary N) is 1. The third kappa shape index (κ3) is 2.55. The van der Waals surface area contributed by atoms with Crippen LogP contribution in [0.4, 0.5) is 10.1 Å². The minimum atomic E-state index is -3.94. The van der Waals surface area contributed by atoms with Gasteiger partial charge >= 0.3 is 0 Å². The minimum Gasteiger partial charge on any atom is -0.323 e. The zero-order valence-electron chi connectivity index (χ0n) is 10.7. The van der Waals surface area contributed by atoms with Gasteiger partial charge in [0, 0.05) is 5.92 Å². The molecule has 2 saturated carbocycles. The molecule has 0 aliphatic heterocycles. The van der Waals surface area contributed by atoms with Gasteiger partial charge in [-0.1, -0.05) is 0 Å². The third-order valence-electron chi connectivity index (χ3n) is 4.14. The van der Waals surface area contributed by atoms with Gasteiger partial charge < -0.3 is 5.32 Å². The second-order valence-electron chi connectivity index (χ2n) is 5.60. The molecule has 2 aliphatic carbocycles. The van der Waals surface area contributed by atoms with Gasteiger partial charge in [0.2, 0.25) is 15.9 Å². The van der Waals surface area contributed by atoms with E-state index < -0.39 is 15.8 Å². The number of benzene rings is 1. The summed E-state index contributed by atoms with van der Waals surface area (Å²) in [6.45, 7) is 0. The largest absolute Gasteiger partial charge is 0.323 e. The van der Waals surface area contributed by atoms with Crippen molar-refractivity contribution in [3.63, 3.8) is 0 Å². The van der Waals surface area contributed by atoms with E-state index >= 15 is 0 Å². The van der Waals surface area contributed by atoms with Crippen LogP contribution in [0.1, 0.15) is 19.3 Å². The van der Waals surface area contributed by atoms with Gasteiger partial charge in [-0.25, -0.2) is 17.9 Å². The minimum absolute atomic E-state index is 0.0111. The van der Waals surface area contributed by atoms with E-state index in [1.165, 1.54) is 18.6 Å². The van der Waals surface area contributed by atoms with Crippen molar-refractivity contribution in [1.29, 1.82) is 0 Å². The van der Waals surface area contributed by atoms with Crippen molar-refractivity contribution >= 4 is 21.6 Å². The number of fused-ring (bicyclic) bond motifs is 1. The van der Waals surface area contributed by atoms with Crippen LogP contribution in [0, 0.1) is 23.6 Å². The first kappa shape index (κ1) is 13.5. The summed E-state index contributed by atoms with van der Waals surface area (Å²) >= 11 is 0. The molecule has 2 unspecified atom stereocenters. The number of rotatable bonds is 3. The first-order chi connectivity index (χ1) is 9.34. The molecular formula is C13H15FN2O3S. The fourth-order valence-corrected chi connectivity index (χ4v) is 3.46. The lowest BCUT2D eigenvalue weighted by Gasteiger charge is -2.13. The van der Waals surface area contributed by atoms with Gasteiger partial charge in [0.05, 0.1) is 10.6 Å². The molecule has 3 rings (SSSR count). The summed E-state index contributed by atoms with van der Waals surface area (Å²) in [7, 11) is -3.94. The highest BCUT2D eigenvalue weighted by Gasteiger charge is 2.48. The van der Waals surface area contributed by atoms with Crippen LogP contribution >= 0.6 is 0 Å². The smallest absolute Gasteiger partial charge is 0.238 e. The van der Waals surface area contributed by atoms with Gasteiger partial charge in [0.25, 0.3) is 0 Å². The summed E-state index contributed by atoms with van der Waals surface area (Å²) in [5.74, 6) is 0.282. The van der Waals surface area contributed by atoms with Gasteiger partial charge in [-0.05, 0) is 49.3 Å². The monoisotopic (exact) mass is 298 g/mol. The number of carbonyl (C=O) groups is 1. The van der Waals surface area contributed by atoms with Crippen molar-refractivity contribution in [2.24, 2.45) is 22.9 Å². The third-order valence-corrected chi connectivity index (χ3v) is 5.05. The van der Waals surface area contributed by atoms with Crippen molar-refractivity contribution in [3.8, 4) is 0 Å². The Kier molecular flexibility index (Phi) is 3.06. The topological polar surface area (TPSA) is 89.3 Å². The van der Waals surface area contributed by atoms with Crippen LogP contribution in [-0.4, -0.2) is 14.3 Å². The number of anilines is 1. The van der Waals surface area contributed by atoms with E-state index in [1.54, 1.807) is 0 Å². The first-order valence-corrected chi connectivity index (χ1v) is 8.02. The SMILES string of the molecule is NS(=O)(=O)c1ccc(NC(=O)C2CC3CC3C2)c(F)c1. The number of hydrogen-bond donors (Lipinski definition) is 2. The maximum absolute atomic E-state index is 13.8. The molecule has 1 aromatic carbocycles. The highest BCUT2D eigenvalue weighted by atomic mass is 32.2. The molecule has 5 nitrogen and oxygen atoms in total. The molecule has 20 heavy (non-hydrogen) atoms. The van der Waals surface area contributed by atoms with Crippen LogP contribution in [-0.2, 0) is 14.8 Å². The van der Waals surface area contributed by atoms with Crippen molar-refractivity contribution < 1.29 is 17.6 Å². The second kappa shape index (κ2) is 4.53. The van der Waals surface area contributed by atoms with E-state index in [-0.39, 0.29) is 22.4 Å². The number of hydrogen-bond acceptors (Lipinski definition) is 3. The van der Waals surface area contributed by atoms with Crippen LogP contribution in [0.15, 0.2) is 23.1 Å². The predicted molar refractivity (Wildman–Crippen MR) is 70.7 cm³/mol. The quantitative estimate of drug-likeness (QED) is 0.885. The van der Waals surface area contributed by atoms with Crippen molar-refractivity contribution in [2.45, 2.75) is 24.2 Å². The van der Waals surface area contributed by atoms with Crippen LogP contribution in [0.2, 0.25) is 0 Å². The number of carbonyl (C=O) groups excluding carboxylic acids is 1. The van der Waals surface area contributed by atoms with Crippen molar-refractivity contribution in [2.75, 3.05) is 5.32 Å². The number of nitrogens with one attached hydrogen (secondary N) is 1. The summed E-state index contributed by atoms with van der Waals surface area (Å²) in [6, 6.07) is 3.22. The average Bonchev–Trinajstić information content (AvgIpc) is 2.97. The van der Waals surface area contributed by atoms with E-state index in [9.17, 15) is 17.6 Å². The molecule has 0 spiro atoms. The zero-order chi connectivity index (χ0) is 14.5. The van der Waals surface area contributed by atoms with Crippen LogP contribution in [0.25, 0.3) is 0 Å². The molecule has 1 amide bonds. The normalized spacial score (nSPS) is 28.0. The molecule has 0 bridgehead atoms. The lowest BCUT2D eigenvalue weighted by molar-refractivity contribution is -0.120. The molecule has 1 aromatic rings. The predicted octanol–water partition coefficient (Wildman–Crippen LogP) is 1.46. The Bertz CT molecular complexity index is 664. The Hall–Kier alpha value is -1.47. The van der Waals surface area contributed by atoms with Gasteiger partial charge in [0.1, 0.15) is 5.82 Å². The van der Waals surface area contributed by atoms with E-state index in [1.807, 2.05) is 0 Å². The summed E-state index contributed by atoms with van der Waals surface area (Å²) in [5, 5.41) is 7.44. The van der Waals surface area contributed by atoms with E-state index in [2.05, 4.69) is 5.32 Å². The molecule has 2 atom stereocenters. The highest BCUT2D eigenvalue weighted by Crippen LogP contribution is 2.54. The number of halogens is 1. The molecule has 2 aliphatic rings. The molecule has 0 saturated heterocycles. The Labute approximate surface area is 116 Å². The molecule has 108 valence electrons. The van der Waals surface area contributed by atoms with Crippen molar-refractivity contribution in [1.82, 2.24) is 0 Å². The van der Waals surface area contributed by atoms with E-state index in [0.29, 0.717) is 11.8 Å². The van der Waals surface area contributed by atoms with Gasteiger partial charge in [0.15, 0.2) is 0 Å². The van der Waals surface area contributed by atoms with Crippen LogP contribution < -0.4 is 10.5 Å². The van der Waals surface area contributed by atoms with Gasteiger partial charge in [-0.15, -0.1) is 0 Å². The summed E-state index contributed by atoms with van der Waals surface area (Å²) in [5.41, 5.74) is -0.0111. The van der Waals surface area contributed by atoms with E-state index in [0.717, 1.165) is 18.9 Å². The lowest BCUT2D eigenvalue weighted by atomic mass is 10.0. The fourth-order valence-electron chi connectivity index (χ4n) is 2.94. The highest BCUT2D eigenvalue weighted by molar-refractivity contribution is 7.89.